The van der Waals surface area contributed by atoms with Crippen LogP contribution in [0.5, 0.6) is 5.19 Å². The van der Waals surface area contributed by atoms with E-state index < -0.39 is 12.8 Å². The summed E-state index contributed by atoms with van der Waals surface area (Å²) in [6.07, 6.45) is 7.95. The van der Waals surface area contributed by atoms with Gasteiger partial charge < -0.3 is 9.64 Å². The fourth-order valence-corrected chi connectivity index (χ4v) is 5.56. The molecular formula is C23H32F3N3O2S. The smallest absolute Gasteiger partial charge is 0.422 e. The van der Waals surface area contributed by atoms with Crippen LogP contribution in [0.25, 0.3) is 0 Å². The van der Waals surface area contributed by atoms with E-state index in [4.69, 9.17) is 4.74 Å². The maximum atomic E-state index is 12.3. The number of alkyl halides is 3. The van der Waals surface area contributed by atoms with E-state index in [1.54, 1.807) is 0 Å². The predicted molar refractivity (Wildman–Crippen MR) is 118 cm³/mol. The van der Waals surface area contributed by atoms with Gasteiger partial charge in [-0.2, -0.15) is 13.2 Å². The van der Waals surface area contributed by atoms with Gasteiger partial charge in [0.05, 0.1) is 5.69 Å². The summed E-state index contributed by atoms with van der Waals surface area (Å²) in [6.45, 7) is 1.58. The maximum Gasteiger partial charge on any atom is 0.422 e. The molecule has 1 aliphatic heterocycles. The molecule has 9 heteroatoms. The molecule has 0 bridgehead atoms. The molecule has 2 heterocycles. The van der Waals surface area contributed by atoms with Crippen LogP contribution in [-0.2, 0) is 17.6 Å². The topological polar surface area (TPSA) is 54.8 Å². The van der Waals surface area contributed by atoms with Crippen LogP contribution < -0.4 is 4.74 Å². The number of fused-ring (bicyclic) bond motifs is 1. The molecule has 0 radical (unpaired) electrons. The van der Waals surface area contributed by atoms with Crippen LogP contribution in [0, 0.1) is 17.8 Å². The molecule has 1 amide bonds. The summed E-state index contributed by atoms with van der Waals surface area (Å²) in [7, 11) is 0. The van der Waals surface area contributed by atoms with E-state index in [1.807, 2.05) is 6.21 Å². The van der Waals surface area contributed by atoms with Gasteiger partial charge in [0.15, 0.2) is 6.61 Å². The molecule has 0 unspecified atom stereocenters. The highest BCUT2D eigenvalue weighted by molar-refractivity contribution is 7.13. The van der Waals surface area contributed by atoms with E-state index in [-0.39, 0.29) is 11.1 Å². The van der Waals surface area contributed by atoms with Crippen molar-refractivity contribution in [2.75, 3.05) is 26.2 Å². The molecule has 0 N–H and O–H groups in total. The quantitative estimate of drug-likeness (QED) is 0.496. The molecule has 2 saturated carbocycles. The molecular weight excluding hydrogens is 439 g/mol. The number of halogens is 3. The second-order valence-corrected chi connectivity index (χ2v) is 10.5. The highest BCUT2D eigenvalue weighted by atomic mass is 32.1. The van der Waals surface area contributed by atoms with Crippen LogP contribution in [0.3, 0.4) is 0 Å². The van der Waals surface area contributed by atoms with Crippen molar-refractivity contribution in [1.29, 1.82) is 0 Å². The number of carbonyl (C=O) groups excluding carboxylic acids is 1. The van der Waals surface area contributed by atoms with E-state index in [0.29, 0.717) is 18.3 Å². The van der Waals surface area contributed by atoms with Crippen LogP contribution in [-0.4, -0.2) is 54.4 Å². The van der Waals surface area contributed by atoms with E-state index >= 15 is 0 Å². The summed E-state index contributed by atoms with van der Waals surface area (Å²) in [6, 6.07) is 0. The first-order valence-corrected chi connectivity index (χ1v) is 12.6. The van der Waals surface area contributed by atoms with Crippen LogP contribution in [0.4, 0.5) is 13.2 Å². The van der Waals surface area contributed by atoms with Crippen molar-refractivity contribution in [3.8, 4) is 5.19 Å². The molecule has 178 valence electrons. The molecule has 1 aromatic heterocycles. The number of aromatic nitrogens is 1. The van der Waals surface area contributed by atoms with E-state index in [0.717, 1.165) is 61.8 Å². The third-order valence-electron chi connectivity index (χ3n) is 6.77. The van der Waals surface area contributed by atoms with Gasteiger partial charge in [0, 0.05) is 37.0 Å². The zero-order valence-corrected chi connectivity index (χ0v) is 19.2. The number of amides is 1. The molecule has 2 aliphatic carbocycles. The Kier molecular flexibility index (Phi) is 7.87. The first-order chi connectivity index (χ1) is 15.3. The highest BCUT2D eigenvalue weighted by Crippen LogP contribution is 2.34. The average molecular weight is 472 g/mol. The van der Waals surface area contributed by atoms with E-state index in [2.05, 4.69) is 14.9 Å². The minimum absolute atomic E-state index is 0.0535. The van der Waals surface area contributed by atoms with Crippen LogP contribution >= 0.6 is 11.3 Å². The van der Waals surface area contributed by atoms with Crippen molar-refractivity contribution in [2.24, 2.45) is 22.7 Å². The van der Waals surface area contributed by atoms with Gasteiger partial charge in [-0.15, -0.1) is 0 Å². The molecule has 4 rings (SSSR count). The van der Waals surface area contributed by atoms with Gasteiger partial charge in [-0.3, -0.25) is 4.79 Å². The van der Waals surface area contributed by atoms with E-state index in [1.165, 1.54) is 43.4 Å². The molecule has 0 atom stereocenters. The van der Waals surface area contributed by atoms with Crippen molar-refractivity contribution in [1.82, 2.24) is 9.88 Å². The van der Waals surface area contributed by atoms with Crippen molar-refractivity contribution >= 4 is 23.5 Å². The van der Waals surface area contributed by atoms with Crippen LogP contribution in [0.2, 0.25) is 0 Å². The summed E-state index contributed by atoms with van der Waals surface area (Å²) in [5.41, 5.74) is 0.894. The Morgan fingerprint density at radius 1 is 1.12 bits per heavy atom. The zero-order valence-electron chi connectivity index (χ0n) is 18.4. The Hall–Kier alpha value is -1.48. The second kappa shape index (κ2) is 10.6. The van der Waals surface area contributed by atoms with Gasteiger partial charge in [-0.1, -0.05) is 11.3 Å². The molecule has 5 nitrogen and oxygen atoms in total. The number of hydrogen-bond donors (Lipinski definition) is 0. The number of carbonyl (C=O) groups is 1. The number of aliphatic imine (C=N–C) groups is 1. The Morgan fingerprint density at radius 3 is 2.56 bits per heavy atom. The largest absolute Gasteiger partial charge is 0.460 e. The van der Waals surface area contributed by atoms with Gasteiger partial charge in [0.25, 0.3) is 5.19 Å². The van der Waals surface area contributed by atoms with Crippen molar-refractivity contribution in [3.05, 3.63) is 10.6 Å². The second-order valence-electron chi connectivity index (χ2n) is 9.48. The summed E-state index contributed by atoms with van der Waals surface area (Å²) in [5, 5.41) is 0.135. The number of nitrogens with zero attached hydrogens (tertiary/aromatic N) is 3. The molecule has 0 aromatic carbocycles. The molecule has 2 fully saturated rings. The van der Waals surface area contributed by atoms with Crippen LogP contribution in [0.15, 0.2) is 4.99 Å². The number of hydrogen-bond acceptors (Lipinski definition) is 5. The van der Waals surface area contributed by atoms with Crippen LogP contribution in [0.1, 0.15) is 61.9 Å². The molecule has 0 saturated heterocycles. The van der Waals surface area contributed by atoms with Crippen molar-refractivity contribution < 1.29 is 22.7 Å². The third kappa shape index (κ3) is 7.54. The summed E-state index contributed by atoms with van der Waals surface area (Å²) in [4.78, 5) is 23.8. The fourth-order valence-electron chi connectivity index (χ4n) is 4.62. The Labute approximate surface area is 191 Å². The minimum Gasteiger partial charge on any atom is -0.460 e. The van der Waals surface area contributed by atoms with Gasteiger partial charge in [-0.25, -0.2) is 9.98 Å². The van der Waals surface area contributed by atoms with E-state index in [9.17, 15) is 18.0 Å². The molecule has 32 heavy (non-hydrogen) atoms. The minimum atomic E-state index is -4.33. The number of ether oxygens (including phenoxy) is 1. The summed E-state index contributed by atoms with van der Waals surface area (Å²) >= 11 is 1.25. The lowest BCUT2D eigenvalue weighted by Gasteiger charge is -2.28. The number of thiazole rings is 1. The highest BCUT2D eigenvalue weighted by Gasteiger charge is 2.30. The third-order valence-corrected chi connectivity index (χ3v) is 7.84. The fraction of sp³-hybridized carbons (Fsp3) is 0.783. The molecule has 0 spiro atoms. The predicted octanol–water partition coefficient (Wildman–Crippen LogP) is 5.08. The van der Waals surface area contributed by atoms with Gasteiger partial charge in [0.1, 0.15) is 0 Å². The standard InChI is InChI=1S/C23H32F3N3O2S/c24-23(25,26)15-31-22-28-19-8-11-29(12-9-20(19)32-22)10-7-16-1-5-18(6-2-16)14-27-21(30)13-17-3-4-17/h14,16-18H,1-13,15H2. The lowest BCUT2D eigenvalue weighted by Crippen LogP contribution is -2.29. The summed E-state index contributed by atoms with van der Waals surface area (Å²) < 4.78 is 41.8. The Balaban J connectivity index is 1.13. The van der Waals surface area contributed by atoms with Gasteiger partial charge >= 0.3 is 6.18 Å². The SMILES string of the molecule is O=C(CC1CC1)N=CC1CCC(CCN2CCc3nc(OCC(F)(F)F)sc3CC2)CC1. The monoisotopic (exact) mass is 471 g/mol. The Morgan fingerprint density at radius 2 is 1.84 bits per heavy atom. The zero-order chi connectivity index (χ0) is 22.6. The Bertz CT molecular complexity index is 773. The normalized spacial score (nSPS) is 25.0. The van der Waals surface area contributed by atoms with Crippen molar-refractivity contribution in [3.63, 3.8) is 0 Å². The lowest BCUT2D eigenvalue weighted by molar-refractivity contribution is -0.153. The van der Waals surface area contributed by atoms with Gasteiger partial charge in [0.2, 0.25) is 5.91 Å². The molecule has 3 aliphatic rings. The maximum absolute atomic E-state index is 12.3. The first-order valence-electron chi connectivity index (χ1n) is 11.8. The van der Waals surface area contributed by atoms with Gasteiger partial charge in [-0.05, 0) is 75.7 Å². The average Bonchev–Trinajstić information content (AvgIpc) is 3.51. The number of rotatable bonds is 8. The first kappa shape index (κ1) is 23.7. The van der Waals surface area contributed by atoms with Crippen molar-refractivity contribution in [2.45, 2.75) is 70.4 Å². The summed E-state index contributed by atoms with van der Waals surface area (Å²) in [5.74, 6) is 1.82. The molecule has 1 aromatic rings. The lowest BCUT2D eigenvalue weighted by atomic mass is 9.81.